The minimum Gasteiger partial charge on any atom is -0.467 e. The highest BCUT2D eigenvalue weighted by Crippen LogP contribution is 2.26. The number of benzene rings is 2. The van der Waals surface area contributed by atoms with Crippen molar-refractivity contribution >= 4 is 17.8 Å². The number of hydrogen-bond donors (Lipinski definition) is 0. The van der Waals surface area contributed by atoms with Crippen LogP contribution in [0.25, 0.3) is 0 Å². The number of amides is 2. The van der Waals surface area contributed by atoms with E-state index in [1.165, 1.54) is 42.7 Å². The number of esters is 1. The first-order valence-electron chi connectivity index (χ1n) is 8.48. The van der Waals surface area contributed by atoms with E-state index in [4.69, 9.17) is 9.15 Å². The molecule has 1 aliphatic heterocycles. The summed E-state index contributed by atoms with van der Waals surface area (Å²) in [5.74, 6) is -1.68. The molecule has 0 aliphatic carbocycles. The fraction of sp³-hybridized carbons (Fsp3) is 0.0952. The van der Waals surface area contributed by atoms with Crippen LogP contribution in [0.5, 0.6) is 0 Å². The summed E-state index contributed by atoms with van der Waals surface area (Å²) in [6.07, 6.45) is 1.46. The van der Waals surface area contributed by atoms with Crippen LogP contribution in [0.3, 0.4) is 0 Å². The zero-order valence-electron chi connectivity index (χ0n) is 14.6. The van der Waals surface area contributed by atoms with Gasteiger partial charge in [0.15, 0.2) is 0 Å². The predicted molar refractivity (Wildman–Crippen MR) is 94.9 cm³/mol. The van der Waals surface area contributed by atoms with Crippen molar-refractivity contribution in [1.29, 1.82) is 0 Å². The summed E-state index contributed by atoms with van der Waals surface area (Å²) in [5.41, 5.74) is 0.683. The second-order valence-electron chi connectivity index (χ2n) is 6.20. The summed E-state index contributed by atoms with van der Waals surface area (Å²) in [6, 6.07) is 13.4. The lowest BCUT2D eigenvalue weighted by Gasteiger charge is -2.11. The largest absolute Gasteiger partial charge is 0.467 e. The highest BCUT2D eigenvalue weighted by atomic mass is 19.1. The molecule has 0 N–H and O–H groups in total. The third-order valence-electron chi connectivity index (χ3n) is 4.42. The number of carbonyl (C=O) groups excluding carboxylic acids is 3. The molecule has 6 nitrogen and oxygen atoms in total. The number of imide groups is 1. The minimum atomic E-state index is -0.712. The molecule has 2 heterocycles. The molecule has 0 spiro atoms. The van der Waals surface area contributed by atoms with E-state index in [2.05, 4.69) is 0 Å². The number of nitrogens with zero attached hydrogens (tertiary/aromatic N) is 1. The van der Waals surface area contributed by atoms with Crippen LogP contribution >= 0.6 is 0 Å². The summed E-state index contributed by atoms with van der Waals surface area (Å²) in [7, 11) is 0. The van der Waals surface area contributed by atoms with Crippen LogP contribution in [0.15, 0.2) is 65.3 Å². The zero-order chi connectivity index (χ0) is 19.7. The van der Waals surface area contributed by atoms with Crippen molar-refractivity contribution in [1.82, 2.24) is 4.90 Å². The Hall–Kier alpha value is -3.74. The van der Waals surface area contributed by atoms with E-state index in [1.807, 2.05) is 0 Å². The molecule has 0 saturated carbocycles. The number of ether oxygens (including phenoxy) is 1. The van der Waals surface area contributed by atoms with E-state index in [-0.39, 0.29) is 35.4 Å². The highest BCUT2D eigenvalue weighted by molar-refractivity contribution is 6.21. The summed E-state index contributed by atoms with van der Waals surface area (Å²) >= 11 is 0. The molecular formula is C21H14FNO5. The maximum atomic E-state index is 13.6. The third kappa shape index (κ3) is 3.18. The monoisotopic (exact) mass is 379 g/mol. The first kappa shape index (κ1) is 17.7. The van der Waals surface area contributed by atoms with Crippen molar-refractivity contribution in [2.45, 2.75) is 13.2 Å². The Labute approximate surface area is 159 Å². The Bertz CT molecular complexity index is 1070. The molecule has 0 radical (unpaired) electrons. The molecule has 4 rings (SSSR count). The fourth-order valence-corrected chi connectivity index (χ4v) is 2.96. The fourth-order valence-electron chi connectivity index (χ4n) is 2.96. The van der Waals surface area contributed by atoms with E-state index in [0.29, 0.717) is 5.76 Å². The predicted octanol–water partition coefficient (Wildman–Crippen LogP) is 3.57. The van der Waals surface area contributed by atoms with Gasteiger partial charge in [-0.3, -0.25) is 14.5 Å². The molecule has 7 heteroatoms. The minimum absolute atomic E-state index is 0.00636. The van der Waals surface area contributed by atoms with Crippen molar-refractivity contribution in [3.8, 4) is 0 Å². The smallest absolute Gasteiger partial charge is 0.338 e. The lowest BCUT2D eigenvalue weighted by Crippen LogP contribution is -2.28. The summed E-state index contributed by atoms with van der Waals surface area (Å²) in [4.78, 5) is 38.4. The molecule has 3 aromatic rings. The number of hydrogen-bond acceptors (Lipinski definition) is 5. The van der Waals surface area contributed by atoms with Crippen LogP contribution in [0.1, 0.15) is 42.4 Å². The first-order valence-corrected chi connectivity index (χ1v) is 8.48. The van der Waals surface area contributed by atoms with Gasteiger partial charge in [-0.15, -0.1) is 0 Å². The Balaban J connectivity index is 1.51. The Morgan fingerprint density at radius 2 is 1.79 bits per heavy atom. The Morgan fingerprint density at radius 1 is 1.00 bits per heavy atom. The van der Waals surface area contributed by atoms with Crippen molar-refractivity contribution in [3.63, 3.8) is 0 Å². The van der Waals surface area contributed by atoms with Crippen molar-refractivity contribution < 1.29 is 27.9 Å². The molecule has 0 saturated heterocycles. The van der Waals surface area contributed by atoms with Crippen molar-refractivity contribution in [3.05, 3.63) is 94.7 Å². The molecule has 2 amide bonds. The normalized spacial score (nSPS) is 13.0. The lowest BCUT2D eigenvalue weighted by molar-refractivity contribution is 0.0468. The molecule has 2 aromatic carbocycles. The van der Waals surface area contributed by atoms with Gasteiger partial charge in [0.25, 0.3) is 11.8 Å². The molecule has 0 bridgehead atoms. The number of carbonyl (C=O) groups is 3. The second kappa shape index (κ2) is 7.11. The van der Waals surface area contributed by atoms with Crippen LogP contribution in [-0.2, 0) is 17.9 Å². The molecular weight excluding hydrogens is 365 g/mol. The molecule has 0 unspecified atom stereocenters. The van der Waals surface area contributed by atoms with Gasteiger partial charge in [-0.25, -0.2) is 9.18 Å². The van der Waals surface area contributed by atoms with Gasteiger partial charge in [0.1, 0.15) is 18.2 Å². The van der Waals surface area contributed by atoms with Gasteiger partial charge in [0.2, 0.25) is 0 Å². The number of halogens is 1. The molecule has 140 valence electrons. The average molecular weight is 379 g/mol. The highest BCUT2D eigenvalue weighted by Gasteiger charge is 2.36. The van der Waals surface area contributed by atoms with E-state index in [0.717, 1.165) is 4.90 Å². The van der Waals surface area contributed by atoms with Crippen LogP contribution < -0.4 is 0 Å². The van der Waals surface area contributed by atoms with Gasteiger partial charge < -0.3 is 9.15 Å². The second-order valence-corrected chi connectivity index (χ2v) is 6.20. The molecule has 1 aliphatic rings. The average Bonchev–Trinajstić information content (AvgIpc) is 3.30. The number of rotatable bonds is 5. The first-order chi connectivity index (χ1) is 13.5. The Morgan fingerprint density at radius 3 is 2.54 bits per heavy atom. The number of furan rings is 1. The van der Waals surface area contributed by atoms with E-state index < -0.39 is 23.6 Å². The van der Waals surface area contributed by atoms with Crippen LogP contribution in [-0.4, -0.2) is 22.7 Å². The summed E-state index contributed by atoms with van der Waals surface area (Å²) in [6.45, 7) is -0.230. The van der Waals surface area contributed by atoms with Gasteiger partial charge in [-0.05, 0) is 36.4 Å². The third-order valence-corrected chi connectivity index (χ3v) is 4.42. The van der Waals surface area contributed by atoms with Crippen molar-refractivity contribution in [2.24, 2.45) is 0 Å². The van der Waals surface area contributed by atoms with Crippen LogP contribution in [0.4, 0.5) is 4.39 Å². The van der Waals surface area contributed by atoms with E-state index in [1.54, 1.807) is 18.2 Å². The van der Waals surface area contributed by atoms with Gasteiger partial charge in [-0.1, -0.05) is 18.2 Å². The van der Waals surface area contributed by atoms with Gasteiger partial charge in [-0.2, -0.15) is 0 Å². The lowest BCUT2D eigenvalue weighted by atomic mass is 10.1. The van der Waals surface area contributed by atoms with Gasteiger partial charge in [0.05, 0.1) is 29.5 Å². The molecule has 1 aromatic heterocycles. The standard InChI is InChI=1S/C21H14FNO5/c22-18-6-2-1-4-14(18)12-28-21(26)13-7-8-16-17(10-13)20(25)23(19(16)24)11-15-5-3-9-27-15/h1-10H,11-12H2. The van der Waals surface area contributed by atoms with Crippen LogP contribution in [0.2, 0.25) is 0 Å². The summed E-state index contributed by atoms with van der Waals surface area (Å²) < 4.78 is 23.9. The van der Waals surface area contributed by atoms with E-state index >= 15 is 0 Å². The molecule has 0 fully saturated rings. The maximum absolute atomic E-state index is 13.6. The number of fused-ring (bicyclic) bond motifs is 1. The van der Waals surface area contributed by atoms with Gasteiger partial charge in [0, 0.05) is 5.56 Å². The van der Waals surface area contributed by atoms with Crippen LogP contribution in [0, 0.1) is 5.82 Å². The SMILES string of the molecule is O=C(OCc1ccccc1F)c1ccc2c(c1)C(=O)N(Cc1ccco1)C2=O. The van der Waals surface area contributed by atoms with E-state index in [9.17, 15) is 18.8 Å². The quantitative estimate of drug-likeness (QED) is 0.500. The molecule has 28 heavy (non-hydrogen) atoms. The molecule has 0 atom stereocenters. The maximum Gasteiger partial charge on any atom is 0.338 e. The topological polar surface area (TPSA) is 76.8 Å². The Kier molecular flexibility index (Phi) is 4.49. The summed E-state index contributed by atoms with van der Waals surface area (Å²) in [5, 5.41) is 0. The zero-order valence-corrected chi connectivity index (χ0v) is 14.6. The van der Waals surface area contributed by atoms with Gasteiger partial charge >= 0.3 is 5.97 Å². The van der Waals surface area contributed by atoms with Crippen molar-refractivity contribution in [2.75, 3.05) is 0 Å².